The summed E-state index contributed by atoms with van der Waals surface area (Å²) in [6.45, 7) is 4.55. The zero-order valence-electron chi connectivity index (χ0n) is 5.91. The molecule has 0 bridgehead atoms. The van der Waals surface area contributed by atoms with Crippen LogP contribution in [0.1, 0.15) is 39.5 Å². The molecule has 1 aliphatic rings. The highest BCUT2D eigenvalue weighted by molar-refractivity contribution is 5.01. The van der Waals surface area contributed by atoms with E-state index >= 15 is 0 Å². The van der Waals surface area contributed by atoms with Crippen LogP contribution in [-0.2, 0) is 0 Å². The third-order valence-corrected chi connectivity index (χ3v) is 2.06. The molecule has 0 heteroatoms. The summed E-state index contributed by atoms with van der Waals surface area (Å²) >= 11 is 0. The molecule has 0 saturated heterocycles. The summed E-state index contributed by atoms with van der Waals surface area (Å²) in [6.07, 6.45) is 5.61. The zero-order chi connectivity index (χ0) is 5.98. The van der Waals surface area contributed by atoms with Gasteiger partial charge in [0.2, 0.25) is 0 Å². The summed E-state index contributed by atoms with van der Waals surface area (Å²) in [5.74, 6) is 2.84. The standard InChI is InChI=1S/C8H15/c1-3-7(4-2)8-5-6-8/h8H,3-6H2,1-2H3. The predicted octanol–water partition coefficient (Wildman–Crippen LogP) is 2.79. The predicted molar refractivity (Wildman–Crippen MR) is 36.5 cm³/mol. The van der Waals surface area contributed by atoms with E-state index in [-0.39, 0.29) is 0 Å². The second-order valence-electron chi connectivity index (χ2n) is 2.64. The maximum absolute atomic E-state index is 2.27. The molecule has 0 unspecified atom stereocenters. The van der Waals surface area contributed by atoms with E-state index in [0.29, 0.717) is 0 Å². The lowest BCUT2D eigenvalue weighted by Gasteiger charge is -2.07. The van der Waals surface area contributed by atoms with Crippen molar-refractivity contribution in [3.8, 4) is 0 Å². The molecular weight excluding hydrogens is 96.1 g/mol. The first-order valence-electron chi connectivity index (χ1n) is 3.73. The van der Waals surface area contributed by atoms with E-state index < -0.39 is 0 Å². The van der Waals surface area contributed by atoms with Crippen LogP contribution in [0.2, 0.25) is 0 Å². The lowest BCUT2D eigenvalue weighted by Crippen LogP contribution is -1.94. The van der Waals surface area contributed by atoms with Crippen LogP contribution in [0.3, 0.4) is 0 Å². The van der Waals surface area contributed by atoms with E-state index in [4.69, 9.17) is 0 Å². The lowest BCUT2D eigenvalue weighted by molar-refractivity contribution is 0.691. The summed E-state index contributed by atoms with van der Waals surface area (Å²) in [6, 6.07) is 0. The van der Waals surface area contributed by atoms with Gasteiger partial charge in [0.05, 0.1) is 0 Å². The molecule has 0 nitrogen and oxygen atoms in total. The Morgan fingerprint density at radius 2 is 1.75 bits per heavy atom. The Morgan fingerprint density at radius 1 is 1.25 bits per heavy atom. The average molecular weight is 111 g/mol. The molecule has 0 N–H and O–H groups in total. The second-order valence-corrected chi connectivity index (χ2v) is 2.64. The maximum atomic E-state index is 2.27. The number of hydrogen-bond donors (Lipinski definition) is 0. The smallest absolute Gasteiger partial charge is 0.0215 e. The molecule has 8 heavy (non-hydrogen) atoms. The van der Waals surface area contributed by atoms with Crippen LogP contribution in [0.4, 0.5) is 0 Å². The fraction of sp³-hybridized carbons (Fsp3) is 0.875. The molecular formula is C8H15. The normalized spacial score (nSPS) is 19.9. The van der Waals surface area contributed by atoms with Crippen molar-refractivity contribution in [2.24, 2.45) is 5.92 Å². The van der Waals surface area contributed by atoms with Gasteiger partial charge < -0.3 is 0 Å². The first-order chi connectivity index (χ1) is 3.88. The van der Waals surface area contributed by atoms with Crippen molar-refractivity contribution in [3.05, 3.63) is 5.92 Å². The van der Waals surface area contributed by atoms with E-state index in [1.54, 1.807) is 5.92 Å². The second kappa shape index (κ2) is 2.52. The molecule has 0 amide bonds. The van der Waals surface area contributed by atoms with E-state index in [2.05, 4.69) is 13.8 Å². The van der Waals surface area contributed by atoms with Gasteiger partial charge in [-0.3, -0.25) is 0 Å². The van der Waals surface area contributed by atoms with Gasteiger partial charge in [0.15, 0.2) is 0 Å². The topological polar surface area (TPSA) is 0 Å². The Hall–Kier alpha value is 0. The summed E-state index contributed by atoms with van der Waals surface area (Å²) in [4.78, 5) is 0. The Kier molecular flexibility index (Phi) is 1.93. The Bertz CT molecular complexity index is 58.4. The largest absolute Gasteiger partial charge is 0.0648 e. The van der Waals surface area contributed by atoms with E-state index in [0.717, 1.165) is 5.92 Å². The van der Waals surface area contributed by atoms with Crippen molar-refractivity contribution < 1.29 is 0 Å². The number of hydrogen-bond acceptors (Lipinski definition) is 0. The minimum absolute atomic E-state index is 1.05. The molecule has 0 spiro atoms. The minimum Gasteiger partial charge on any atom is -0.0648 e. The molecule has 0 aliphatic heterocycles. The maximum Gasteiger partial charge on any atom is -0.0215 e. The molecule has 1 rings (SSSR count). The van der Waals surface area contributed by atoms with E-state index in [1.807, 2.05) is 0 Å². The van der Waals surface area contributed by atoms with Gasteiger partial charge in [-0.05, 0) is 37.5 Å². The van der Waals surface area contributed by atoms with Gasteiger partial charge in [0.1, 0.15) is 0 Å². The minimum atomic E-state index is 1.05. The highest BCUT2D eigenvalue weighted by atomic mass is 14.3. The molecule has 47 valence electrons. The Morgan fingerprint density at radius 3 is 1.88 bits per heavy atom. The van der Waals surface area contributed by atoms with Gasteiger partial charge in [-0.2, -0.15) is 0 Å². The third-order valence-electron chi connectivity index (χ3n) is 2.06. The van der Waals surface area contributed by atoms with Crippen LogP contribution in [-0.4, -0.2) is 0 Å². The summed E-state index contributed by atoms with van der Waals surface area (Å²) < 4.78 is 0. The zero-order valence-corrected chi connectivity index (χ0v) is 5.91. The van der Waals surface area contributed by atoms with Gasteiger partial charge in [0.25, 0.3) is 0 Å². The highest BCUT2D eigenvalue weighted by Gasteiger charge is 2.28. The molecule has 1 radical (unpaired) electrons. The fourth-order valence-corrected chi connectivity index (χ4v) is 1.32. The molecule has 1 aliphatic carbocycles. The Labute approximate surface area is 52.3 Å². The Balaban J connectivity index is 2.15. The summed E-state index contributed by atoms with van der Waals surface area (Å²) in [5, 5.41) is 0. The molecule has 0 aromatic heterocycles. The van der Waals surface area contributed by atoms with E-state index in [1.165, 1.54) is 25.7 Å². The van der Waals surface area contributed by atoms with Crippen molar-refractivity contribution in [2.75, 3.05) is 0 Å². The van der Waals surface area contributed by atoms with Crippen LogP contribution in [0.25, 0.3) is 0 Å². The van der Waals surface area contributed by atoms with Crippen molar-refractivity contribution >= 4 is 0 Å². The number of rotatable bonds is 3. The van der Waals surface area contributed by atoms with Crippen LogP contribution < -0.4 is 0 Å². The van der Waals surface area contributed by atoms with Gasteiger partial charge in [-0.25, -0.2) is 0 Å². The van der Waals surface area contributed by atoms with Crippen LogP contribution in [0.15, 0.2) is 0 Å². The molecule has 0 atom stereocenters. The van der Waals surface area contributed by atoms with Crippen molar-refractivity contribution in [2.45, 2.75) is 39.5 Å². The molecule has 0 aromatic rings. The fourth-order valence-electron chi connectivity index (χ4n) is 1.32. The van der Waals surface area contributed by atoms with Crippen molar-refractivity contribution in [3.63, 3.8) is 0 Å². The average Bonchev–Trinajstić information content (AvgIpc) is 2.53. The van der Waals surface area contributed by atoms with Crippen molar-refractivity contribution in [1.82, 2.24) is 0 Å². The van der Waals surface area contributed by atoms with Crippen LogP contribution in [0.5, 0.6) is 0 Å². The SMILES string of the molecule is CC[C](CC)C1CC1. The molecule has 0 aromatic carbocycles. The quantitative estimate of drug-likeness (QED) is 0.525. The van der Waals surface area contributed by atoms with Crippen molar-refractivity contribution in [1.29, 1.82) is 0 Å². The first-order valence-corrected chi connectivity index (χ1v) is 3.73. The van der Waals surface area contributed by atoms with E-state index in [9.17, 15) is 0 Å². The van der Waals surface area contributed by atoms with Crippen LogP contribution >= 0.6 is 0 Å². The summed E-state index contributed by atoms with van der Waals surface area (Å²) in [5.41, 5.74) is 0. The lowest BCUT2D eigenvalue weighted by atomic mass is 9.98. The van der Waals surface area contributed by atoms with Gasteiger partial charge >= 0.3 is 0 Å². The van der Waals surface area contributed by atoms with Gasteiger partial charge in [-0.15, -0.1) is 0 Å². The van der Waals surface area contributed by atoms with Gasteiger partial charge in [-0.1, -0.05) is 13.8 Å². The highest BCUT2D eigenvalue weighted by Crippen LogP contribution is 2.41. The monoisotopic (exact) mass is 111 g/mol. The molecule has 0 heterocycles. The summed E-state index contributed by atoms with van der Waals surface area (Å²) in [7, 11) is 0. The van der Waals surface area contributed by atoms with Crippen LogP contribution in [0, 0.1) is 11.8 Å². The molecule has 1 saturated carbocycles. The first kappa shape index (κ1) is 6.12. The molecule has 1 fully saturated rings. The third kappa shape index (κ3) is 1.24. The van der Waals surface area contributed by atoms with Gasteiger partial charge in [0, 0.05) is 0 Å².